The first-order valence-corrected chi connectivity index (χ1v) is 13.3. The molecule has 0 aliphatic heterocycles. The third-order valence-electron chi connectivity index (χ3n) is 7.38. The van der Waals surface area contributed by atoms with Crippen molar-refractivity contribution in [2.24, 2.45) is 23.5 Å². The van der Waals surface area contributed by atoms with Crippen LogP contribution in [0, 0.1) is 23.2 Å². The van der Waals surface area contributed by atoms with Gasteiger partial charge in [-0.2, -0.15) is 0 Å². The van der Waals surface area contributed by atoms with Crippen LogP contribution in [0.1, 0.15) is 69.7 Å². The minimum Gasteiger partial charge on any atom is -0.475 e. The maximum atomic E-state index is 12.6. The summed E-state index contributed by atoms with van der Waals surface area (Å²) in [7, 11) is 0. The molecule has 0 aromatic heterocycles. The zero-order chi connectivity index (χ0) is 25.4. The Hall–Kier alpha value is -2.31. The SMILES string of the molecule is CC1=C(C(N)=CC(=N)OC(C)C(CNCC(=O)c2cccc(S)c2)C2CCCCC2)C(C)CC=C1. The number of hydrogen-bond acceptors (Lipinski definition) is 6. The summed E-state index contributed by atoms with van der Waals surface area (Å²) in [5.74, 6) is 1.22. The van der Waals surface area contributed by atoms with Gasteiger partial charge in [0.2, 0.25) is 5.90 Å². The molecule has 0 bridgehead atoms. The lowest BCUT2D eigenvalue weighted by Gasteiger charge is -2.34. The Balaban J connectivity index is 1.63. The number of thiol groups is 1. The van der Waals surface area contributed by atoms with Gasteiger partial charge in [-0.1, -0.05) is 50.5 Å². The van der Waals surface area contributed by atoms with Crippen molar-refractivity contribution in [2.75, 3.05) is 13.1 Å². The third-order valence-corrected chi connectivity index (χ3v) is 7.66. The molecule has 3 rings (SSSR count). The number of carbonyl (C=O) groups is 1. The van der Waals surface area contributed by atoms with E-state index >= 15 is 0 Å². The van der Waals surface area contributed by atoms with Gasteiger partial charge in [0, 0.05) is 34.7 Å². The van der Waals surface area contributed by atoms with E-state index in [1.165, 1.54) is 19.3 Å². The summed E-state index contributed by atoms with van der Waals surface area (Å²) < 4.78 is 6.11. The second kappa shape index (κ2) is 13.1. The van der Waals surface area contributed by atoms with Gasteiger partial charge in [0.25, 0.3) is 0 Å². The number of carbonyl (C=O) groups excluding carboxylic acids is 1. The van der Waals surface area contributed by atoms with Gasteiger partial charge in [-0.15, -0.1) is 12.6 Å². The van der Waals surface area contributed by atoms with Gasteiger partial charge in [0.05, 0.1) is 6.54 Å². The number of benzene rings is 1. The van der Waals surface area contributed by atoms with Crippen LogP contribution in [-0.2, 0) is 4.74 Å². The first-order chi connectivity index (χ1) is 16.8. The number of rotatable bonds is 10. The van der Waals surface area contributed by atoms with Crippen LogP contribution in [-0.4, -0.2) is 30.9 Å². The van der Waals surface area contributed by atoms with Gasteiger partial charge in [-0.3, -0.25) is 10.2 Å². The molecule has 0 radical (unpaired) electrons. The minimum absolute atomic E-state index is 0.0552. The second-order valence-electron chi connectivity index (χ2n) is 10.1. The van der Waals surface area contributed by atoms with Crippen LogP contribution in [0.3, 0.4) is 0 Å². The first kappa shape index (κ1) is 27.3. The number of ketones is 1. The molecule has 2 aliphatic rings. The van der Waals surface area contributed by atoms with E-state index in [1.54, 1.807) is 12.1 Å². The zero-order valence-corrected chi connectivity index (χ0v) is 22.2. The Morgan fingerprint density at radius 2 is 2.06 bits per heavy atom. The fourth-order valence-corrected chi connectivity index (χ4v) is 5.74. The molecule has 4 N–H and O–H groups in total. The van der Waals surface area contributed by atoms with E-state index < -0.39 is 0 Å². The molecule has 0 amide bonds. The Bertz CT molecular complexity index is 991. The molecule has 2 aliphatic carbocycles. The molecule has 190 valence electrons. The molecular weight excluding hydrogens is 454 g/mol. The zero-order valence-electron chi connectivity index (χ0n) is 21.3. The Kier molecular flexibility index (Phi) is 10.2. The summed E-state index contributed by atoms with van der Waals surface area (Å²) in [6, 6.07) is 7.34. The molecule has 6 heteroatoms. The molecule has 1 saturated carbocycles. The van der Waals surface area contributed by atoms with E-state index in [9.17, 15) is 4.79 Å². The van der Waals surface area contributed by atoms with E-state index in [1.807, 2.05) is 25.1 Å². The monoisotopic (exact) mass is 495 g/mol. The van der Waals surface area contributed by atoms with Gasteiger partial charge in [0.1, 0.15) is 6.10 Å². The summed E-state index contributed by atoms with van der Waals surface area (Å²) >= 11 is 4.34. The van der Waals surface area contributed by atoms with Crippen molar-refractivity contribution in [3.05, 3.63) is 64.9 Å². The van der Waals surface area contributed by atoms with Gasteiger partial charge >= 0.3 is 0 Å². The summed E-state index contributed by atoms with van der Waals surface area (Å²) in [4.78, 5) is 13.4. The highest BCUT2D eigenvalue weighted by Gasteiger charge is 2.30. The second-order valence-corrected chi connectivity index (χ2v) is 10.6. The molecule has 0 saturated heterocycles. The molecule has 35 heavy (non-hydrogen) atoms. The first-order valence-electron chi connectivity index (χ1n) is 12.9. The van der Waals surface area contributed by atoms with Crippen LogP contribution in [0.4, 0.5) is 0 Å². The molecule has 3 atom stereocenters. The molecule has 1 aromatic carbocycles. The minimum atomic E-state index is -0.156. The fourth-order valence-electron chi connectivity index (χ4n) is 5.51. The highest BCUT2D eigenvalue weighted by Crippen LogP contribution is 2.33. The predicted octanol–water partition coefficient (Wildman–Crippen LogP) is 6.08. The van der Waals surface area contributed by atoms with Crippen molar-refractivity contribution >= 4 is 24.3 Å². The van der Waals surface area contributed by atoms with Gasteiger partial charge < -0.3 is 15.8 Å². The van der Waals surface area contributed by atoms with Crippen molar-refractivity contribution in [2.45, 2.75) is 70.3 Å². The summed E-state index contributed by atoms with van der Waals surface area (Å²) in [6.45, 7) is 7.22. The molecule has 0 heterocycles. The lowest BCUT2D eigenvalue weighted by Crippen LogP contribution is -2.40. The smallest absolute Gasteiger partial charge is 0.208 e. The van der Waals surface area contributed by atoms with Crippen LogP contribution < -0.4 is 11.1 Å². The number of hydrogen-bond donors (Lipinski definition) is 4. The van der Waals surface area contributed by atoms with Gasteiger partial charge in [0.15, 0.2) is 5.78 Å². The number of allylic oxidation sites excluding steroid dienone is 4. The predicted molar refractivity (Wildman–Crippen MR) is 147 cm³/mol. The number of ether oxygens (including phenoxy) is 1. The molecular formula is C29H41N3O2S. The Morgan fingerprint density at radius 3 is 2.74 bits per heavy atom. The van der Waals surface area contributed by atoms with Crippen LogP contribution in [0.15, 0.2) is 64.2 Å². The van der Waals surface area contributed by atoms with Crippen LogP contribution >= 0.6 is 12.6 Å². The van der Waals surface area contributed by atoms with Crippen LogP contribution in [0.25, 0.3) is 0 Å². The number of nitrogens with two attached hydrogens (primary N) is 1. The third kappa shape index (κ3) is 7.84. The van der Waals surface area contributed by atoms with Crippen LogP contribution in [0.5, 0.6) is 0 Å². The van der Waals surface area contributed by atoms with E-state index in [-0.39, 0.29) is 30.2 Å². The molecule has 1 aromatic rings. The van der Waals surface area contributed by atoms with Crippen molar-refractivity contribution in [3.63, 3.8) is 0 Å². The van der Waals surface area contributed by atoms with Crippen molar-refractivity contribution < 1.29 is 9.53 Å². The van der Waals surface area contributed by atoms with Gasteiger partial charge in [-0.25, -0.2) is 0 Å². The normalized spacial score (nSPS) is 21.0. The van der Waals surface area contributed by atoms with Crippen LogP contribution in [0.2, 0.25) is 0 Å². The van der Waals surface area contributed by atoms with E-state index in [0.717, 1.165) is 35.3 Å². The summed E-state index contributed by atoms with van der Waals surface area (Å²) in [5.41, 5.74) is 9.93. The largest absolute Gasteiger partial charge is 0.475 e. The average molecular weight is 496 g/mol. The summed E-state index contributed by atoms with van der Waals surface area (Å²) in [6.07, 6.45) is 12.8. The molecule has 5 nitrogen and oxygen atoms in total. The molecule has 0 spiro atoms. The van der Waals surface area contributed by atoms with Crippen molar-refractivity contribution in [1.82, 2.24) is 5.32 Å². The van der Waals surface area contributed by atoms with E-state index in [2.05, 4.69) is 43.9 Å². The Labute approximate surface area is 216 Å². The standard InChI is InChI=1S/C29H41N3O2S/c1-19-9-7-10-20(2)29(19)26(30)16-28(31)34-21(3)25(22-11-5-4-6-12-22)17-32-18-27(33)23-13-8-14-24(35)15-23/h7-9,13-16,20-22,25,31-32,35H,4-6,10-12,17-18,30H2,1-3H3. The molecule has 1 fully saturated rings. The van der Waals surface area contributed by atoms with Crippen molar-refractivity contribution in [1.29, 1.82) is 5.41 Å². The lowest BCUT2D eigenvalue weighted by molar-refractivity contribution is 0.0797. The number of Topliss-reactive ketones (excluding diaryl/α,β-unsaturated/α-hetero) is 1. The summed E-state index contributed by atoms with van der Waals surface area (Å²) in [5, 5.41) is 11.9. The highest BCUT2D eigenvalue weighted by atomic mass is 32.1. The topological polar surface area (TPSA) is 88.2 Å². The van der Waals surface area contributed by atoms with Crippen molar-refractivity contribution in [3.8, 4) is 0 Å². The molecule has 3 unspecified atom stereocenters. The Morgan fingerprint density at radius 1 is 1.31 bits per heavy atom. The number of nitrogens with one attached hydrogen (secondary N) is 2. The van der Waals surface area contributed by atoms with E-state index in [4.69, 9.17) is 15.9 Å². The maximum Gasteiger partial charge on any atom is 0.208 e. The van der Waals surface area contributed by atoms with E-state index in [0.29, 0.717) is 29.6 Å². The average Bonchev–Trinajstić information content (AvgIpc) is 2.82. The highest BCUT2D eigenvalue weighted by molar-refractivity contribution is 7.80. The lowest BCUT2D eigenvalue weighted by atomic mass is 9.77. The fraction of sp³-hybridized carbons (Fsp3) is 0.517. The quantitative estimate of drug-likeness (QED) is 0.137. The van der Waals surface area contributed by atoms with Gasteiger partial charge in [-0.05, 0) is 68.2 Å². The maximum absolute atomic E-state index is 12.6.